The summed E-state index contributed by atoms with van der Waals surface area (Å²) in [4.78, 5) is 25.6. The molecule has 0 aliphatic heterocycles. The van der Waals surface area contributed by atoms with Crippen molar-refractivity contribution in [3.8, 4) is 5.69 Å². The summed E-state index contributed by atoms with van der Waals surface area (Å²) in [6, 6.07) is 9.80. The second kappa shape index (κ2) is 9.08. The molecule has 1 aliphatic rings. The first-order chi connectivity index (χ1) is 15.0. The molecule has 1 aliphatic carbocycles. The van der Waals surface area contributed by atoms with Gasteiger partial charge in [-0.3, -0.25) is 9.59 Å². The summed E-state index contributed by atoms with van der Waals surface area (Å²) in [6.45, 7) is 6.95. The van der Waals surface area contributed by atoms with Crippen LogP contribution in [0.3, 0.4) is 0 Å². The lowest BCUT2D eigenvalue weighted by Gasteiger charge is -2.29. The van der Waals surface area contributed by atoms with Gasteiger partial charge in [0.25, 0.3) is 5.56 Å². The highest BCUT2D eigenvalue weighted by molar-refractivity contribution is 5.87. The number of hydrogen-bond acceptors (Lipinski definition) is 3. The molecule has 31 heavy (non-hydrogen) atoms. The Bertz CT molecular complexity index is 1130. The minimum absolute atomic E-state index is 0.105. The van der Waals surface area contributed by atoms with Crippen molar-refractivity contribution in [1.82, 2.24) is 19.7 Å². The van der Waals surface area contributed by atoms with E-state index < -0.39 is 0 Å². The van der Waals surface area contributed by atoms with Gasteiger partial charge in [-0.15, -0.1) is 0 Å². The quantitative estimate of drug-likeness (QED) is 0.647. The van der Waals surface area contributed by atoms with Crippen LogP contribution in [0.4, 0.5) is 0 Å². The molecule has 1 N–H and O–H groups in total. The van der Waals surface area contributed by atoms with Gasteiger partial charge in [-0.05, 0) is 51.2 Å². The summed E-state index contributed by atoms with van der Waals surface area (Å²) in [7, 11) is 0. The van der Waals surface area contributed by atoms with Crippen molar-refractivity contribution >= 4 is 16.7 Å². The van der Waals surface area contributed by atoms with Gasteiger partial charge in [-0.25, -0.2) is 0 Å². The number of para-hydroxylation sites is 1. The fraction of sp³-hybridized carbons (Fsp3) is 0.480. The van der Waals surface area contributed by atoms with Crippen LogP contribution in [-0.4, -0.2) is 26.3 Å². The zero-order chi connectivity index (χ0) is 22.0. The minimum atomic E-state index is -0.105. The van der Waals surface area contributed by atoms with Gasteiger partial charge in [0.2, 0.25) is 5.91 Å². The Morgan fingerprint density at radius 3 is 2.61 bits per heavy atom. The maximum absolute atomic E-state index is 13.2. The van der Waals surface area contributed by atoms with E-state index in [1.165, 1.54) is 23.9 Å². The van der Waals surface area contributed by atoms with E-state index in [2.05, 4.69) is 21.9 Å². The highest BCUT2D eigenvalue weighted by Crippen LogP contribution is 2.25. The van der Waals surface area contributed by atoms with Crippen LogP contribution in [0.1, 0.15) is 56.8 Å². The molecule has 0 unspecified atom stereocenters. The number of benzene rings is 1. The molecule has 1 amide bonds. The Hall–Kier alpha value is -2.89. The monoisotopic (exact) mass is 420 g/mol. The van der Waals surface area contributed by atoms with Gasteiger partial charge < -0.3 is 9.88 Å². The average Bonchev–Trinajstić information content (AvgIpc) is 3.01. The van der Waals surface area contributed by atoms with E-state index in [1.807, 2.05) is 44.2 Å². The van der Waals surface area contributed by atoms with Gasteiger partial charge in [0.1, 0.15) is 0 Å². The van der Waals surface area contributed by atoms with Gasteiger partial charge in [-0.2, -0.15) is 9.78 Å². The van der Waals surface area contributed by atoms with E-state index in [-0.39, 0.29) is 11.5 Å². The summed E-state index contributed by atoms with van der Waals surface area (Å²) in [5.74, 6) is 0.704. The SMILES string of the molecule is Cc1c2cnn(-c3ccccc3)c(=O)c2c(C)n1CCCC(=O)N[C@@H]1CCCC[C@@H]1C. The summed E-state index contributed by atoms with van der Waals surface area (Å²) >= 11 is 0. The number of amides is 1. The number of carbonyl (C=O) groups excluding carboxylic acids is 1. The van der Waals surface area contributed by atoms with E-state index in [0.29, 0.717) is 30.3 Å². The van der Waals surface area contributed by atoms with Crippen LogP contribution in [-0.2, 0) is 11.3 Å². The molecular formula is C25H32N4O2. The maximum atomic E-state index is 13.2. The summed E-state index contributed by atoms with van der Waals surface area (Å²) in [5, 5.41) is 9.22. The van der Waals surface area contributed by atoms with E-state index in [4.69, 9.17) is 0 Å². The Balaban J connectivity index is 1.49. The van der Waals surface area contributed by atoms with Crippen LogP contribution in [0.2, 0.25) is 0 Å². The summed E-state index contributed by atoms with van der Waals surface area (Å²) < 4.78 is 3.61. The molecule has 4 rings (SSSR count). The lowest BCUT2D eigenvalue weighted by atomic mass is 9.86. The van der Waals surface area contributed by atoms with Crippen molar-refractivity contribution < 1.29 is 4.79 Å². The number of fused-ring (bicyclic) bond motifs is 1. The molecule has 6 heteroatoms. The predicted molar refractivity (Wildman–Crippen MR) is 124 cm³/mol. The van der Waals surface area contributed by atoms with Gasteiger partial charge in [0, 0.05) is 35.8 Å². The molecule has 1 saturated carbocycles. The van der Waals surface area contributed by atoms with Crippen LogP contribution in [0, 0.1) is 19.8 Å². The smallest absolute Gasteiger partial charge is 0.281 e. The number of rotatable bonds is 6. The van der Waals surface area contributed by atoms with Crippen LogP contribution in [0.15, 0.2) is 41.3 Å². The highest BCUT2D eigenvalue weighted by atomic mass is 16.1. The second-order valence-corrected chi connectivity index (χ2v) is 8.85. The van der Waals surface area contributed by atoms with Crippen LogP contribution >= 0.6 is 0 Å². The lowest BCUT2D eigenvalue weighted by molar-refractivity contribution is -0.122. The zero-order valence-corrected chi connectivity index (χ0v) is 18.7. The Morgan fingerprint density at radius 1 is 1.13 bits per heavy atom. The van der Waals surface area contributed by atoms with Crippen molar-refractivity contribution in [2.45, 2.75) is 71.9 Å². The summed E-state index contributed by atoms with van der Waals surface area (Å²) in [5.41, 5.74) is 2.62. The number of nitrogens with zero attached hydrogens (tertiary/aromatic N) is 3. The molecule has 2 atom stereocenters. The molecule has 1 aromatic carbocycles. The Kier molecular flexibility index (Phi) is 6.25. The third-order valence-electron chi connectivity index (χ3n) is 6.78. The first-order valence-corrected chi connectivity index (χ1v) is 11.4. The van der Waals surface area contributed by atoms with Gasteiger partial charge in [-0.1, -0.05) is 38.0 Å². The average molecular weight is 421 g/mol. The van der Waals surface area contributed by atoms with Crippen molar-refractivity contribution in [2.75, 3.05) is 0 Å². The summed E-state index contributed by atoms with van der Waals surface area (Å²) in [6.07, 6.45) is 7.80. The molecule has 0 spiro atoms. The molecule has 0 saturated heterocycles. The van der Waals surface area contributed by atoms with E-state index >= 15 is 0 Å². The molecule has 0 bridgehead atoms. The highest BCUT2D eigenvalue weighted by Gasteiger charge is 2.22. The van der Waals surface area contributed by atoms with Crippen molar-refractivity contribution in [2.24, 2.45) is 5.92 Å². The van der Waals surface area contributed by atoms with E-state index in [9.17, 15) is 9.59 Å². The molecular weight excluding hydrogens is 388 g/mol. The number of nitrogens with one attached hydrogen (secondary N) is 1. The molecule has 2 aromatic heterocycles. The standard InChI is InChI=1S/C25H32N4O2/c1-17-10-7-8-13-22(17)27-23(30)14-9-15-28-18(2)21-16-26-29(20-11-5-4-6-12-20)25(31)24(21)19(28)3/h4-6,11-12,16-17,22H,7-10,13-15H2,1-3H3,(H,27,30)/t17-,22+/m0/s1. The number of aryl methyl sites for hydroxylation is 2. The van der Waals surface area contributed by atoms with Gasteiger partial charge in [0.05, 0.1) is 17.3 Å². The van der Waals surface area contributed by atoms with Crippen LogP contribution in [0.5, 0.6) is 0 Å². The molecule has 164 valence electrons. The van der Waals surface area contributed by atoms with Gasteiger partial charge in [0.15, 0.2) is 0 Å². The van der Waals surface area contributed by atoms with Crippen molar-refractivity contribution in [3.05, 3.63) is 58.3 Å². The molecule has 0 radical (unpaired) electrons. The molecule has 6 nitrogen and oxygen atoms in total. The van der Waals surface area contributed by atoms with E-state index in [1.54, 1.807) is 6.20 Å². The second-order valence-electron chi connectivity index (χ2n) is 8.85. The van der Waals surface area contributed by atoms with Gasteiger partial charge >= 0.3 is 0 Å². The third kappa shape index (κ3) is 4.29. The molecule has 1 fully saturated rings. The maximum Gasteiger partial charge on any atom is 0.281 e. The molecule has 2 heterocycles. The fourth-order valence-electron chi connectivity index (χ4n) is 4.91. The number of hydrogen-bond donors (Lipinski definition) is 1. The van der Waals surface area contributed by atoms with Crippen molar-refractivity contribution in [1.29, 1.82) is 0 Å². The Labute approximate surface area is 183 Å². The normalized spacial score (nSPS) is 18.9. The predicted octanol–water partition coefficient (Wildman–Crippen LogP) is 4.28. The Morgan fingerprint density at radius 2 is 1.87 bits per heavy atom. The number of carbonyl (C=O) groups is 1. The lowest BCUT2D eigenvalue weighted by Crippen LogP contribution is -2.41. The zero-order valence-electron chi connectivity index (χ0n) is 18.7. The minimum Gasteiger partial charge on any atom is -0.353 e. The first kappa shape index (κ1) is 21.3. The number of aromatic nitrogens is 3. The topological polar surface area (TPSA) is 68.9 Å². The first-order valence-electron chi connectivity index (χ1n) is 11.4. The van der Waals surface area contributed by atoms with E-state index in [0.717, 1.165) is 35.3 Å². The third-order valence-corrected chi connectivity index (χ3v) is 6.78. The fourth-order valence-corrected chi connectivity index (χ4v) is 4.91. The molecule has 3 aromatic rings. The largest absolute Gasteiger partial charge is 0.353 e. The van der Waals surface area contributed by atoms with Crippen LogP contribution < -0.4 is 10.9 Å². The van der Waals surface area contributed by atoms with Crippen LogP contribution in [0.25, 0.3) is 16.5 Å². The van der Waals surface area contributed by atoms with Crippen molar-refractivity contribution in [3.63, 3.8) is 0 Å².